The quantitative estimate of drug-likeness (QED) is 0.510. The van der Waals surface area contributed by atoms with Crippen molar-refractivity contribution < 1.29 is 29.7 Å². The zero-order valence-electron chi connectivity index (χ0n) is 16.9. The Morgan fingerprint density at radius 3 is 2.33 bits per heavy atom. The first kappa shape index (κ1) is 20.2. The van der Waals surface area contributed by atoms with Gasteiger partial charge in [-0.3, -0.25) is 14.4 Å². The Morgan fingerprint density at radius 2 is 1.85 bits per heavy atom. The second-order valence-electron chi connectivity index (χ2n) is 9.82. The van der Waals surface area contributed by atoms with Gasteiger partial charge in [-0.2, -0.15) is 0 Å². The Kier molecular flexibility index (Phi) is 4.12. The molecular formula is C21H30O6. The van der Waals surface area contributed by atoms with Gasteiger partial charge in [-0.25, -0.2) is 0 Å². The van der Waals surface area contributed by atoms with E-state index in [4.69, 9.17) is 0 Å². The van der Waals surface area contributed by atoms with Gasteiger partial charge >= 0.3 is 0 Å². The van der Waals surface area contributed by atoms with Crippen molar-refractivity contribution in [3.8, 4) is 0 Å². The van der Waals surface area contributed by atoms with Crippen molar-refractivity contribution in [3.63, 3.8) is 0 Å². The van der Waals surface area contributed by atoms with Crippen molar-refractivity contribution in [2.75, 3.05) is 0 Å². The van der Waals surface area contributed by atoms with Crippen LogP contribution in [0.1, 0.15) is 60.8 Å². The summed E-state index contributed by atoms with van der Waals surface area (Å²) in [6, 6.07) is 0. The van der Waals surface area contributed by atoms with E-state index in [1.54, 1.807) is 27.7 Å². The smallest absolute Gasteiger partial charge is 0.210 e. The summed E-state index contributed by atoms with van der Waals surface area (Å²) in [4.78, 5) is 38.7. The molecule has 0 aliphatic heterocycles. The average molecular weight is 378 g/mol. The predicted molar refractivity (Wildman–Crippen MR) is 97.8 cm³/mol. The number of rotatable bonds is 4. The fourth-order valence-corrected chi connectivity index (χ4v) is 6.12. The molecule has 3 N–H and O–H groups in total. The molecular weight excluding hydrogens is 348 g/mol. The van der Waals surface area contributed by atoms with Gasteiger partial charge in [0.1, 0.15) is 11.3 Å². The number of hydrogen-bond donors (Lipinski definition) is 3. The number of carbonyl (C=O) groups excluding carboxylic acids is 3. The monoisotopic (exact) mass is 378 g/mol. The van der Waals surface area contributed by atoms with E-state index in [1.807, 2.05) is 13.8 Å². The molecule has 3 aliphatic carbocycles. The second kappa shape index (κ2) is 5.51. The maximum Gasteiger partial charge on any atom is 0.210 e. The van der Waals surface area contributed by atoms with Crippen LogP contribution >= 0.6 is 0 Å². The summed E-state index contributed by atoms with van der Waals surface area (Å²) >= 11 is 0. The van der Waals surface area contributed by atoms with Gasteiger partial charge in [0.05, 0.1) is 11.0 Å². The van der Waals surface area contributed by atoms with Crippen molar-refractivity contribution in [1.29, 1.82) is 0 Å². The van der Waals surface area contributed by atoms with Crippen LogP contribution in [0.5, 0.6) is 0 Å². The van der Waals surface area contributed by atoms with Crippen molar-refractivity contribution in [3.05, 3.63) is 11.3 Å². The zero-order chi connectivity index (χ0) is 20.7. The minimum Gasteiger partial charge on any atom is -0.511 e. The molecule has 0 radical (unpaired) electrons. The van der Waals surface area contributed by atoms with Crippen LogP contribution in [0.3, 0.4) is 0 Å². The standard InChI is InChI=1S/C21H30O6/c1-7-10(2)15(23)14-16(24)20-9-12(19(5,6)26)18(3,4)11(20)8-13(22)21(20,27)17(14)25/h10-12,24,26-27H,7-9H2,1-6H3/t10-,11+,12+,20+,21-/m1/s1. The Balaban J connectivity index is 2.27. The third kappa shape index (κ3) is 2.11. The Morgan fingerprint density at radius 1 is 1.30 bits per heavy atom. The highest BCUT2D eigenvalue weighted by atomic mass is 16.3. The Hall–Kier alpha value is -1.53. The van der Waals surface area contributed by atoms with Gasteiger partial charge in [-0.15, -0.1) is 0 Å². The van der Waals surface area contributed by atoms with Crippen molar-refractivity contribution in [1.82, 2.24) is 0 Å². The van der Waals surface area contributed by atoms with Crippen LogP contribution in [0.25, 0.3) is 0 Å². The Labute approximate surface area is 159 Å². The van der Waals surface area contributed by atoms with Crippen LogP contribution in [0.2, 0.25) is 0 Å². The largest absolute Gasteiger partial charge is 0.511 e. The maximum atomic E-state index is 13.1. The number of ketones is 3. The molecule has 3 rings (SSSR count). The number of aliphatic hydroxyl groups is 3. The minimum absolute atomic E-state index is 0.0588. The molecule has 0 saturated heterocycles. The van der Waals surface area contributed by atoms with Gasteiger partial charge in [0.15, 0.2) is 17.2 Å². The highest BCUT2D eigenvalue weighted by Gasteiger charge is 2.81. The van der Waals surface area contributed by atoms with E-state index in [1.165, 1.54) is 0 Å². The molecule has 150 valence electrons. The zero-order valence-corrected chi connectivity index (χ0v) is 16.9. The number of Topliss-reactive ketones (excluding diaryl/α,β-unsaturated/α-hetero) is 3. The summed E-state index contributed by atoms with van der Waals surface area (Å²) in [5.74, 6) is -4.00. The van der Waals surface area contributed by atoms with Crippen molar-refractivity contribution in [2.45, 2.75) is 72.0 Å². The van der Waals surface area contributed by atoms with Gasteiger partial charge in [-0.05, 0) is 43.9 Å². The van der Waals surface area contributed by atoms with Crippen molar-refractivity contribution in [2.24, 2.45) is 28.6 Å². The first-order valence-corrected chi connectivity index (χ1v) is 9.69. The SMILES string of the molecule is CC[C@@H](C)C(=O)C1=C(O)[C@]23C[C@H](C(C)(C)O)C(C)(C)[C@@H]2CC(=O)[C@@]3(O)C1=O. The van der Waals surface area contributed by atoms with Crippen LogP contribution in [0, 0.1) is 28.6 Å². The number of hydrogen-bond acceptors (Lipinski definition) is 6. The number of aliphatic hydroxyl groups excluding tert-OH is 1. The molecule has 0 aromatic rings. The molecule has 2 fully saturated rings. The lowest BCUT2D eigenvalue weighted by Crippen LogP contribution is -2.53. The third-order valence-corrected chi connectivity index (χ3v) is 7.73. The lowest BCUT2D eigenvalue weighted by molar-refractivity contribution is -0.154. The molecule has 0 aromatic heterocycles. The summed E-state index contributed by atoms with van der Waals surface area (Å²) in [7, 11) is 0. The summed E-state index contributed by atoms with van der Waals surface area (Å²) < 4.78 is 0. The first-order valence-electron chi connectivity index (χ1n) is 9.69. The van der Waals surface area contributed by atoms with E-state index in [0.717, 1.165) is 0 Å². The van der Waals surface area contributed by atoms with E-state index >= 15 is 0 Å². The highest BCUT2D eigenvalue weighted by molar-refractivity contribution is 6.33. The summed E-state index contributed by atoms with van der Waals surface area (Å²) in [6.07, 6.45) is 0.492. The van der Waals surface area contributed by atoms with E-state index in [-0.39, 0.29) is 18.8 Å². The molecule has 0 heterocycles. The summed E-state index contributed by atoms with van der Waals surface area (Å²) in [6.45, 7) is 10.5. The fraction of sp³-hybridized carbons (Fsp3) is 0.762. The van der Waals surface area contributed by atoms with Gasteiger partial charge in [0.2, 0.25) is 5.78 Å². The minimum atomic E-state index is -2.42. The highest BCUT2D eigenvalue weighted by Crippen LogP contribution is 2.73. The van der Waals surface area contributed by atoms with Gasteiger partial charge in [0, 0.05) is 12.3 Å². The summed E-state index contributed by atoms with van der Waals surface area (Å²) in [5.41, 5.74) is -6.14. The normalized spacial score (nSPS) is 39.0. The molecule has 0 unspecified atom stereocenters. The van der Waals surface area contributed by atoms with Gasteiger partial charge in [0.25, 0.3) is 0 Å². The molecule has 0 bridgehead atoms. The van der Waals surface area contributed by atoms with Crippen LogP contribution in [0.4, 0.5) is 0 Å². The molecule has 27 heavy (non-hydrogen) atoms. The molecule has 6 heteroatoms. The number of carbonyl (C=O) groups is 3. The second-order valence-corrected chi connectivity index (χ2v) is 9.82. The Bertz CT molecular complexity index is 770. The predicted octanol–water partition coefficient (Wildman–Crippen LogP) is 2.12. The molecule has 0 aromatic carbocycles. The van der Waals surface area contributed by atoms with E-state index in [0.29, 0.717) is 6.42 Å². The van der Waals surface area contributed by atoms with Crippen molar-refractivity contribution >= 4 is 17.3 Å². The molecule has 1 spiro atoms. The fourth-order valence-electron chi connectivity index (χ4n) is 6.12. The van der Waals surface area contributed by atoms with Crippen LogP contribution in [-0.2, 0) is 14.4 Å². The first-order chi connectivity index (χ1) is 12.2. The van der Waals surface area contributed by atoms with E-state index < -0.39 is 62.5 Å². The molecule has 0 amide bonds. The molecule has 6 nitrogen and oxygen atoms in total. The third-order valence-electron chi connectivity index (χ3n) is 7.73. The van der Waals surface area contributed by atoms with E-state index in [2.05, 4.69) is 0 Å². The molecule has 3 aliphatic rings. The van der Waals surface area contributed by atoms with Crippen LogP contribution in [-0.4, -0.2) is 43.9 Å². The topological polar surface area (TPSA) is 112 Å². The van der Waals surface area contributed by atoms with Gasteiger partial charge < -0.3 is 15.3 Å². The average Bonchev–Trinajstić information content (AvgIpc) is 3.01. The lowest BCUT2D eigenvalue weighted by Gasteiger charge is -2.39. The maximum absolute atomic E-state index is 13.1. The molecule has 5 atom stereocenters. The van der Waals surface area contributed by atoms with Crippen LogP contribution in [0.15, 0.2) is 11.3 Å². The molecule has 2 saturated carbocycles. The summed E-state index contributed by atoms with van der Waals surface area (Å²) in [5, 5.41) is 33.2. The van der Waals surface area contributed by atoms with Gasteiger partial charge in [-0.1, -0.05) is 27.7 Å². The lowest BCUT2D eigenvalue weighted by atomic mass is 9.67. The van der Waals surface area contributed by atoms with Crippen LogP contribution < -0.4 is 0 Å². The van der Waals surface area contributed by atoms with E-state index in [9.17, 15) is 29.7 Å².